The summed E-state index contributed by atoms with van der Waals surface area (Å²) in [5.74, 6) is 2.19. The van der Waals surface area contributed by atoms with Gasteiger partial charge in [0.25, 0.3) is 0 Å². The van der Waals surface area contributed by atoms with Crippen molar-refractivity contribution in [3.63, 3.8) is 0 Å². The van der Waals surface area contributed by atoms with Gasteiger partial charge in [0.1, 0.15) is 0 Å². The number of rotatable bonds is 7. The van der Waals surface area contributed by atoms with Crippen molar-refractivity contribution in [3.8, 4) is 18.4 Å². The van der Waals surface area contributed by atoms with Crippen LogP contribution in [0.4, 0.5) is 5.69 Å². The fraction of sp³-hybridized carbons (Fsp3) is 0.304. The number of carbonyl (C=O) groups is 1. The number of hydrogen-bond acceptors (Lipinski definition) is 5. The van der Waals surface area contributed by atoms with Crippen molar-refractivity contribution in [2.45, 2.75) is 39.2 Å². The molecule has 1 unspecified atom stereocenters. The molecule has 0 aliphatic rings. The summed E-state index contributed by atoms with van der Waals surface area (Å²) in [4.78, 5) is 12.8. The Morgan fingerprint density at radius 2 is 1.93 bits per heavy atom. The third-order valence-electron chi connectivity index (χ3n) is 4.59. The topological polar surface area (TPSA) is 82.4 Å². The van der Waals surface area contributed by atoms with Gasteiger partial charge < -0.3 is 15.2 Å². The van der Waals surface area contributed by atoms with Gasteiger partial charge in [0.2, 0.25) is 0 Å². The first-order valence-electron chi connectivity index (χ1n) is 9.43. The predicted octanol–water partition coefficient (Wildman–Crippen LogP) is 3.29. The molecule has 2 aromatic rings. The molecule has 6 heteroatoms. The molecule has 0 amide bonds. The van der Waals surface area contributed by atoms with E-state index in [2.05, 4.69) is 36.9 Å². The van der Waals surface area contributed by atoms with E-state index in [1.165, 1.54) is 0 Å². The van der Waals surface area contributed by atoms with Gasteiger partial charge in [0.15, 0.2) is 6.04 Å². The highest BCUT2D eigenvalue weighted by molar-refractivity contribution is 6.88. The molecule has 0 saturated carbocycles. The number of esters is 1. The van der Waals surface area contributed by atoms with E-state index in [9.17, 15) is 9.90 Å². The van der Waals surface area contributed by atoms with Gasteiger partial charge in [-0.2, -0.15) is 5.26 Å². The minimum atomic E-state index is -1.75. The minimum Gasteiger partial charge on any atom is -0.464 e. The third kappa shape index (κ3) is 5.26. The lowest BCUT2D eigenvalue weighted by Gasteiger charge is -2.25. The maximum atomic E-state index is 12.8. The molecule has 0 aliphatic carbocycles. The van der Waals surface area contributed by atoms with E-state index in [1.807, 2.05) is 12.1 Å². The second kappa shape index (κ2) is 9.42. The van der Waals surface area contributed by atoms with Crippen molar-refractivity contribution in [2.24, 2.45) is 0 Å². The highest BCUT2D eigenvalue weighted by atomic mass is 28.3. The van der Waals surface area contributed by atoms with E-state index in [0.717, 1.165) is 5.19 Å². The van der Waals surface area contributed by atoms with Crippen molar-refractivity contribution >= 4 is 24.9 Å². The van der Waals surface area contributed by atoms with Crippen molar-refractivity contribution in [3.05, 3.63) is 58.7 Å². The predicted molar refractivity (Wildman–Crippen MR) is 117 cm³/mol. The van der Waals surface area contributed by atoms with E-state index >= 15 is 0 Å². The summed E-state index contributed by atoms with van der Waals surface area (Å²) in [6.07, 6.45) is 5.76. The first-order valence-corrected chi connectivity index (χ1v) is 12.9. The number of nitrogens with zero attached hydrogens (tertiary/aromatic N) is 1. The van der Waals surface area contributed by atoms with Crippen molar-refractivity contribution < 1.29 is 14.6 Å². The highest BCUT2D eigenvalue weighted by Gasteiger charge is 2.28. The van der Waals surface area contributed by atoms with Crippen molar-refractivity contribution in [2.75, 3.05) is 11.9 Å². The van der Waals surface area contributed by atoms with Gasteiger partial charge in [0, 0.05) is 16.8 Å². The standard InChI is InChI=1S/C23H26N2O3Si/c1-6-20-17(15-26)12-19(29(3,4)5)13-21(20)22(23(27)28-7-2)25-18-10-8-16(14-24)9-11-18/h1,8-13,22,25-26H,7,15H2,2-5H3. The second-order valence-corrected chi connectivity index (χ2v) is 12.7. The zero-order chi connectivity index (χ0) is 21.6. The monoisotopic (exact) mass is 406 g/mol. The van der Waals surface area contributed by atoms with Crippen LogP contribution in [0.5, 0.6) is 0 Å². The maximum Gasteiger partial charge on any atom is 0.333 e. The van der Waals surface area contributed by atoms with Crippen molar-refractivity contribution in [1.82, 2.24) is 0 Å². The van der Waals surface area contributed by atoms with E-state index in [-0.39, 0.29) is 13.2 Å². The number of nitriles is 1. The molecule has 0 bridgehead atoms. The second-order valence-electron chi connectivity index (χ2n) is 7.67. The summed E-state index contributed by atoms with van der Waals surface area (Å²) >= 11 is 0. The summed E-state index contributed by atoms with van der Waals surface area (Å²) in [6.45, 7) is 8.34. The average Bonchev–Trinajstić information content (AvgIpc) is 2.70. The first kappa shape index (κ1) is 22.2. The van der Waals surface area contributed by atoms with E-state index in [0.29, 0.717) is 27.9 Å². The molecule has 29 heavy (non-hydrogen) atoms. The van der Waals surface area contributed by atoms with Gasteiger partial charge in [0.05, 0.1) is 32.9 Å². The van der Waals surface area contributed by atoms with Gasteiger partial charge in [-0.1, -0.05) is 42.9 Å². The fourth-order valence-corrected chi connectivity index (χ4v) is 4.18. The molecule has 0 spiro atoms. The lowest BCUT2D eigenvalue weighted by atomic mass is 9.95. The SMILES string of the molecule is C#Cc1c(CO)cc([Si](C)(C)C)cc1C(Nc1ccc(C#N)cc1)C(=O)OCC. The Kier molecular flexibility index (Phi) is 7.22. The quantitative estimate of drug-likeness (QED) is 0.419. The number of anilines is 1. The molecule has 2 N–H and O–H groups in total. The summed E-state index contributed by atoms with van der Waals surface area (Å²) in [5, 5.41) is 23.2. The third-order valence-corrected chi connectivity index (χ3v) is 6.61. The molecule has 0 aliphatic heterocycles. The molecule has 2 aromatic carbocycles. The van der Waals surface area contributed by atoms with Gasteiger partial charge in [-0.15, -0.1) is 6.42 Å². The molecular formula is C23H26N2O3Si. The van der Waals surface area contributed by atoms with Crippen LogP contribution in [0, 0.1) is 23.7 Å². The van der Waals surface area contributed by atoms with Crippen LogP contribution < -0.4 is 10.5 Å². The van der Waals surface area contributed by atoms with Gasteiger partial charge in [-0.25, -0.2) is 4.79 Å². The van der Waals surface area contributed by atoms with E-state index in [1.54, 1.807) is 31.2 Å². The number of terminal acetylenes is 1. The Hall–Kier alpha value is -3.06. The van der Waals surface area contributed by atoms with Crippen LogP contribution in [0.15, 0.2) is 36.4 Å². The lowest BCUT2D eigenvalue weighted by Crippen LogP contribution is -2.39. The molecule has 0 fully saturated rings. The average molecular weight is 407 g/mol. The van der Waals surface area contributed by atoms with Crippen LogP contribution in [-0.4, -0.2) is 25.8 Å². The number of aliphatic hydroxyl groups excluding tert-OH is 1. The van der Waals surface area contributed by atoms with E-state index in [4.69, 9.17) is 16.4 Å². The van der Waals surface area contributed by atoms with Crippen LogP contribution in [0.2, 0.25) is 19.6 Å². The molecule has 1 atom stereocenters. The first-order chi connectivity index (χ1) is 13.7. The van der Waals surface area contributed by atoms with Crippen LogP contribution in [-0.2, 0) is 16.1 Å². The molecular weight excluding hydrogens is 380 g/mol. The van der Waals surface area contributed by atoms with Crippen LogP contribution in [0.1, 0.15) is 35.2 Å². The van der Waals surface area contributed by atoms with Gasteiger partial charge >= 0.3 is 5.97 Å². The van der Waals surface area contributed by atoms with Crippen LogP contribution >= 0.6 is 0 Å². The van der Waals surface area contributed by atoms with Crippen molar-refractivity contribution in [1.29, 1.82) is 5.26 Å². The number of nitrogens with one attached hydrogen (secondary N) is 1. The zero-order valence-electron chi connectivity index (χ0n) is 17.2. The lowest BCUT2D eigenvalue weighted by molar-refractivity contribution is -0.144. The zero-order valence-corrected chi connectivity index (χ0v) is 18.2. The smallest absolute Gasteiger partial charge is 0.333 e. The number of ether oxygens (including phenoxy) is 1. The fourth-order valence-electron chi connectivity index (χ4n) is 2.98. The Bertz CT molecular complexity index is 964. The van der Waals surface area contributed by atoms with Crippen LogP contribution in [0.3, 0.4) is 0 Å². The number of benzene rings is 2. The van der Waals surface area contributed by atoms with Crippen LogP contribution in [0.25, 0.3) is 0 Å². The molecule has 5 nitrogen and oxygen atoms in total. The molecule has 0 aromatic heterocycles. The molecule has 150 valence electrons. The highest BCUT2D eigenvalue weighted by Crippen LogP contribution is 2.27. The molecule has 0 radical (unpaired) electrons. The largest absolute Gasteiger partial charge is 0.464 e. The van der Waals surface area contributed by atoms with Gasteiger partial charge in [-0.05, 0) is 36.8 Å². The Balaban J connectivity index is 2.64. The Morgan fingerprint density at radius 1 is 1.28 bits per heavy atom. The maximum absolute atomic E-state index is 12.8. The Labute approximate surface area is 173 Å². The Morgan fingerprint density at radius 3 is 2.41 bits per heavy atom. The number of hydrogen-bond donors (Lipinski definition) is 2. The summed E-state index contributed by atoms with van der Waals surface area (Å²) in [6, 6.07) is 11.9. The van der Waals surface area contributed by atoms with Gasteiger partial charge in [-0.3, -0.25) is 0 Å². The number of aliphatic hydroxyl groups is 1. The minimum absolute atomic E-state index is 0.211. The molecule has 0 saturated heterocycles. The summed E-state index contributed by atoms with van der Waals surface area (Å²) in [5.41, 5.74) is 2.91. The van der Waals surface area contributed by atoms with E-state index < -0.39 is 20.1 Å². The summed E-state index contributed by atoms with van der Waals surface area (Å²) < 4.78 is 5.30. The normalized spacial score (nSPS) is 11.8. The summed E-state index contributed by atoms with van der Waals surface area (Å²) in [7, 11) is -1.75. The number of carbonyl (C=O) groups excluding carboxylic acids is 1. The molecule has 2 rings (SSSR count). The molecule has 0 heterocycles.